The van der Waals surface area contributed by atoms with Crippen LogP contribution in [-0.4, -0.2) is 87.5 Å². The average Bonchev–Trinajstić information content (AvgIpc) is 3.70. The molecule has 3 fully saturated rings. The molecule has 1 N–H and O–H groups in total. The fourth-order valence-electron chi connectivity index (χ4n) is 5.87. The molecule has 0 aromatic heterocycles. The molecule has 1 aliphatic carbocycles. The summed E-state index contributed by atoms with van der Waals surface area (Å²) in [5.74, 6) is 0.327. The van der Waals surface area contributed by atoms with E-state index in [4.69, 9.17) is 33.2 Å². The molecule has 1 aromatic carbocycles. The van der Waals surface area contributed by atoms with Crippen LogP contribution >= 0.6 is 0 Å². The molecule has 2 saturated heterocycles. The lowest BCUT2D eigenvalue weighted by Crippen LogP contribution is -2.58. The second-order valence-corrected chi connectivity index (χ2v) is 11.4. The molecular weight excluding hydrogens is 516 g/mol. The van der Waals surface area contributed by atoms with Gasteiger partial charge in [-0.3, -0.25) is 4.79 Å². The topological polar surface area (TPSA) is 102 Å². The zero-order valence-electron chi connectivity index (χ0n) is 24.2. The fraction of sp³-hybridized carbons (Fsp3) is 0.710. The fourth-order valence-corrected chi connectivity index (χ4v) is 5.87. The van der Waals surface area contributed by atoms with E-state index in [1.807, 2.05) is 37.3 Å². The van der Waals surface area contributed by atoms with Crippen molar-refractivity contribution in [3.63, 3.8) is 0 Å². The van der Waals surface area contributed by atoms with Crippen LogP contribution in [0.25, 0.3) is 0 Å². The SMILES string of the molecule is C=CCOC(=O)C[C@@H]1O[C@H](C[C@H](O)[C@@H]2C[C@H]2C)C[C@H](O[C@@H]2OC[C@@H](OC)[C@H](OC)[C@H]2OCc2ccccc2)[C@H]1C. The molecule has 1 saturated carbocycles. The molecule has 2 heterocycles. The first-order chi connectivity index (χ1) is 19.3. The number of methoxy groups -OCH3 is 2. The van der Waals surface area contributed by atoms with Gasteiger partial charge in [0.1, 0.15) is 24.9 Å². The van der Waals surface area contributed by atoms with E-state index in [1.165, 1.54) is 0 Å². The number of esters is 1. The van der Waals surface area contributed by atoms with Crippen molar-refractivity contribution in [1.29, 1.82) is 0 Å². The lowest BCUT2D eigenvalue weighted by molar-refractivity contribution is -0.314. The lowest BCUT2D eigenvalue weighted by atomic mass is 9.86. The van der Waals surface area contributed by atoms with Gasteiger partial charge in [0.15, 0.2) is 6.29 Å². The highest BCUT2D eigenvalue weighted by atomic mass is 16.7. The van der Waals surface area contributed by atoms with Gasteiger partial charge in [-0.2, -0.15) is 0 Å². The number of rotatable bonds is 14. The molecular formula is C31H46O9. The summed E-state index contributed by atoms with van der Waals surface area (Å²) in [6.07, 6.45) is 0.291. The Balaban J connectivity index is 1.49. The maximum atomic E-state index is 12.5. The smallest absolute Gasteiger partial charge is 0.308 e. The van der Waals surface area contributed by atoms with Gasteiger partial charge < -0.3 is 38.3 Å². The minimum Gasteiger partial charge on any atom is -0.461 e. The van der Waals surface area contributed by atoms with E-state index in [-0.39, 0.29) is 43.2 Å². The number of aliphatic hydroxyl groups is 1. The highest BCUT2D eigenvalue weighted by Gasteiger charge is 2.47. The summed E-state index contributed by atoms with van der Waals surface area (Å²) >= 11 is 0. The van der Waals surface area contributed by atoms with Gasteiger partial charge in [0, 0.05) is 26.6 Å². The monoisotopic (exact) mass is 562 g/mol. The van der Waals surface area contributed by atoms with E-state index < -0.39 is 30.7 Å². The van der Waals surface area contributed by atoms with E-state index in [9.17, 15) is 9.90 Å². The third-order valence-corrected chi connectivity index (χ3v) is 8.49. The first kappa shape index (κ1) is 31.1. The van der Waals surface area contributed by atoms with Crippen molar-refractivity contribution in [3.8, 4) is 0 Å². The number of hydrogen-bond donors (Lipinski definition) is 1. The van der Waals surface area contributed by atoms with E-state index >= 15 is 0 Å². The van der Waals surface area contributed by atoms with Gasteiger partial charge in [0.25, 0.3) is 0 Å². The third-order valence-electron chi connectivity index (χ3n) is 8.49. The van der Waals surface area contributed by atoms with Gasteiger partial charge >= 0.3 is 5.97 Å². The number of carbonyl (C=O) groups excluding carboxylic acids is 1. The Kier molecular flexibility index (Phi) is 11.6. The molecule has 0 spiro atoms. The highest BCUT2D eigenvalue weighted by Crippen LogP contribution is 2.43. The summed E-state index contributed by atoms with van der Waals surface area (Å²) < 4.78 is 42.3. The molecule has 9 heteroatoms. The van der Waals surface area contributed by atoms with Crippen LogP contribution in [0, 0.1) is 17.8 Å². The predicted molar refractivity (Wildman–Crippen MR) is 147 cm³/mol. The summed E-state index contributed by atoms with van der Waals surface area (Å²) in [7, 11) is 3.26. The van der Waals surface area contributed by atoms with Crippen LogP contribution in [0.15, 0.2) is 43.0 Å². The number of hydrogen-bond acceptors (Lipinski definition) is 9. The zero-order chi connectivity index (χ0) is 28.6. The van der Waals surface area contributed by atoms with Crippen molar-refractivity contribution < 1.29 is 43.1 Å². The second kappa shape index (κ2) is 14.9. The Morgan fingerprint density at radius 3 is 2.52 bits per heavy atom. The summed E-state index contributed by atoms with van der Waals surface area (Å²) in [5, 5.41) is 10.8. The Morgan fingerprint density at radius 2 is 1.88 bits per heavy atom. The standard InChI is InChI=1S/C31H46O9/c1-6-12-36-28(33)16-26-20(3)25(15-22(39-26)14-24(32)23-13-19(23)2)40-31-30(29(35-5)27(34-4)18-38-31)37-17-21-10-8-7-9-11-21/h6-11,19-20,22-27,29-32H,1,12-18H2,2-5H3/t19-,20-,22-,23-,24+,25+,26+,27-,29+,30-,31+/m1/s1. The molecule has 224 valence electrons. The molecule has 40 heavy (non-hydrogen) atoms. The molecule has 0 radical (unpaired) electrons. The van der Waals surface area contributed by atoms with Gasteiger partial charge in [0.05, 0.1) is 44.1 Å². The number of aliphatic hydroxyl groups excluding tert-OH is 1. The Morgan fingerprint density at radius 1 is 1.12 bits per heavy atom. The van der Waals surface area contributed by atoms with E-state index in [2.05, 4.69) is 13.5 Å². The van der Waals surface area contributed by atoms with E-state index in [0.29, 0.717) is 37.9 Å². The van der Waals surface area contributed by atoms with Gasteiger partial charge in [0.2, 0.25) is 0 Å². The van der Waals surface area contributed by atoms with Gasteiger partial charge in [-0.25, -0.2) is 0 Å². The Labute approximate surface area is 238 Å². The molecule has 3 aliphatic rings. The van der Waals surface area contributed by atoms with Crippen molar-refractivity contribution >= 4 is 5.97 Å². The zero-order valence-corrected chi connectivity index (χ0v) is 24.2. The normalized spacial score (nSPS) is 36.5. The van der Waals surface area contributed by atoms with Crippen LogP contribution in [0.3, 0.4) is 0 Å². The van der Waals surface area contributed by atoms with Crippen molar-refractivity contribution in [2.24, 2.45) is 17.8 Å². The minimum absolute atomic E-state index is 0.0905. The van der Waals surface area contributed by atoms with Crippen molar-refractivity contribution in [2.75, 3.05) is 27.4 Å². The molecule has 0 unspecified atom stereocenters. The van der Waals surface area contributed by atoms with Crippen molar-refractivity contribution in [2.45, 2.75) is 95.2 Å². The maximum absolute atomic E-state index is 12.5. The predicted octanol–water partition coefficient (Wildman–Crippen LogP) is 3.66. The van der Waals surface area contributed by atoms with E-state index in [1.54, 1.807) is 20.3 Å². The molecule has 9 nitrogen and oxygen atoms in total. The van der Waals surface area contributed by atoms with Crippen LogP contribution in [0.2, 0.25) is 0 Å². The highest BCUT2D eigenvalue weighted by molar-refractivity contribution is 5.70. The van der Waals surface area contributed by atoms with Crippen LogP contribution in [0.4, 0.5) is 0 Å². The number of carbonyl (C=O) groups is 1. The molecule has 11 atom stereocenters. The van der Waals surface area contributed by atoms with Crippen LogP contribution in [-0.2, 0) is 44.6 Å². The number of benzene rings is 1. The number of ether oxygens (including phenoxy) is 7. The summed E-state index contributed by atoms with van der Waals surface area (Å²) in [5.41, 5.74) is 1.02. The van der Waals surface area contributed by atoms with Crippen molar-refractivity contribution in [1.82, 2.24) is 0 Å². The molecule has 1 aromatic rings. The third kappa shape index (κ3) is 8.12. The van der Waals surface area contributed by atoms with Crippen molar-refractivity contribution in [3.05, 3.63) is 48.6 Å². The molecule has 0 amide bonds. The molecule has 4 rings (SSSR count). The van der Waals surface area contributed by atoms with Gasteiger partial charge in [-0.1, -0.05) is 56.8 Å². The first-order valence-corrected chi connectivity index (χ1v) is 14.4. The maximum Gasteiger partial charge on any atom is 0.308 e. The van der Waals surface area contributed by atoms with E-state index in [0.717, 1.165) is 12.0 Å². The summed E-state index contributed by atoms with van der Waals surface area (Å²) in [4.78, 5) is 12.5. The van der Waals surface area contributed by atoms with Gasteiger partial charge in [-0.05, 0) is 30.2 Å². The summed E-state index contributed by atoms with van der Waals surface area (Å²) in [6.45, 7) is 8.58. The molecule has 2 aliphatic heterocycles. The van der Waals surface area contributed by atoms with Crippen LogP contribution < -0.4 is 0 Å². The summed E-state index contributed by atoms with van der Waals surface area (Å²) in [6, 6.07) is 9.91. The Hall–Kier alpha value is -1.85. The second-order valence-electron chi connectivity index (χ2n) is 11.4. The first-order valence-electron chi connectivity index (χ1n) is 14.4. The average molecular weight is 563 g/mol. The van der Waals surface area contributed by atoms with Gasteiger partial charge in [-0.15, -0.1) is 0 Å². The largest absolute Gasteiger partial charge is 0.461 e. The van der Waals surface area contributed by atoms with Crippen LogP contribution in [0.5, 0.6) is 0 Å². The van der Waals surface area contributed by atoms with Crippen LogP contribution in [0.1, 0.15) is 45.1 Å². The molecule has 0 bridgehead atoms. The lowest BCUT2D eigenvalue weighted by Gasteiger charge is -2.45. The quantitative estimate of drug-likeness (QED) is 0.269. The minimum atomic E-state index is -0.715. The Bertz CT molecular complexity index is 927.